The fraction of sp³-hybridized carbons (Fsp3) is 0.200. The van der Waals surface area contributed by atoms with Crippen LogP contribution in [0.2, 0.25) is 0 Å². The number of pyridine rings is 1. The minimum Gasteiger partial charge on any atom is -0.354 e. The van der Waals surface area contributed by atoms with E-state index in [4.69, 9.17) is 4.52 Å². The fourth-order valence-corrected chi connectivity index (χ4v) is 1.21. The highest BCUT2D eigenvalue weighted by Crippen LogP contribution is 2.16. The van der Waals surface area contributed by atoms with Gasteiger partial charge in [0.15, 0.2) is 5.76 Å². The second-order valence-electron chi connectivity index (χ2n) is 2.93. The van der Waals surface area contributed by atoms with Gasteiger partial charge in [0, 0.05) is 18.8 Å². The van der Waals surface area contributed by atoms with Crippen LogP contribution in [0.4, 0.5) is 0 Å². The van der Waals surface area contributed by atoms with Gasteiger partial charge in [-0.15, -0.1) is 0 Å². The van der Waals surface area contributed by atoms with E-state index in [0.29, 0.717) is 12.3 Å². The summed E-state index contributed by atoms with van der Waals surface area (Å²) in [7, 11) is 1.87. The van der Waals surface area contributed by atoms with Crippen LogP contribution < -0.4 is 5.32 Å². The van der Waals surface area contributed by atoms with Crippen LogP contribution >= 0.6 is 0 Å². The number of aromatic nitrogens is 2. The Balaban J connectivity index is 2.25. The number of rotatable bonds is 3. The van der Waals surface area contributed by atoms with Crippen molar-refractivity contribution in [3.8, 4) is 11.5 Å². The standard InChI is InChI=1S/C10H11N3O/c1-11-7-8-6-10(14-13-8)9-4-2-3-5-12-9/h2-6,11H,7H2,1H3. The summed E-state index contributed by atoms with van der Waals surface area (Å²) >= 11 is 0. The molecule has 0 saturated heterocycles. The predicted molar refractivity (Wildman–Crippen MR) is 52.5 cm³/mol. The van der Waals surface area contributed by atoms with Crippen molar-refractivity contribution in [2.45, 2.75) is 6.54 Å². The third kappa shape index (κ3) is 1.80. The summed E-state index contributed by atoms with van der Waals surface area (Å²) in [5.41, 5.74) is 1.69. The summed E-state index contributed by atoms with van der Waals surface area (Å²) in [6, 6.07) is 7.57. The molecule has 0 atom stereocenters. The van der Waals surface area contributed by atoms with Gasteiger partial charge in [0.2, 0.25) is 0 Å². The van der Waals surface area contributed by atoms with Gasteiger partial charge in [-0.1, -0.05) is 11.2 Å². The van der Waals surface area contributed by atoms with Crippen molar-refractivity contribution < 1.29 is 4.52 Å². The molecular weight excluding hydrogens is 178 g/mol. The molecule has 2 heterocycles. The normalized spacial score (nSPS) is 10.4. The molecule has 2 aromatic heterocycles. The average Bonchev–Trinajstić information content (AvgIpc) is 2.68. The van der Waals surface area contributed by atoms with Crippen molar-refractivity contribution in [1.29, 1.82) is 0 Å². The average molecular weight is 189 g/mol. The van der Waals surface area contributed by atoms with Gasteiger partial charge in [0.1, 0.15) is 5.69 Å². The Kier molecular flexibility index (Phi) is 2.55. The van der Waals surface area contributed by atoms with Crippen molar-refractivity contribution in [3.05, 3.63) is 36.2 Å². The van der Waals surface area contributed by atoms with Gasteiger partial charge in [-0.25, -0.2) is 0 Å². The van der Waals surface area contributed by atoms with Crippen LogP contribution in [0.1, 0.15) is 5.69 Å². The Morgan fingerprint density at radius 2 is 2.36 bits per heavy atom. The molecule has 4 heteroatoms. The molecule has 0 unspecified atom stereocenters. The topological polar surface area (TPSA) is 51.0 Å². The number of hydrogen-bond donors (Lipinski definition) is 1. The number of nitrogens with zero attached hydrogens (tertiary/aromatic N) is 2. The molecule has 0 aliphatic rings. The predicted octanol–water partition coefficient (Wildman–Crippen LogP) is 1.46. The van der Waals surface area contributed by atoms with E-state index in [1.54, 1.807) is 6.20 Å². The van der Waals surface area contributed by atoms with Gasteiger partial charge >= 0.3 is 0 Å². The zero-order chi connectivity index (χ0) is 9.80. The quantitative estimate of drug-likeness (QED) is 0.794. The first-order valence-corrected chi connectivity index (χ1v) is 4.42. The van der Waals surface area contributed by atoms with E-state index in [1.807, 2.05) is 31.3 Å². The highest BCUT2D eigenvalue weighted by molar-refractivity contribution is 5.51. The maximum absolute atomic E-state index is 5.15. The van der Waals surface area contributed by atoms with Crippen molar-refractivity contribution in [3.63, 3.8) is 0 Å². The minimum absolute atomic E-state index is 0.704. The highest BCUT2D eigenvalue weighted by atomic mass is 16.5. The summed E-state index contributed by atoms with van der Waals surface area (Å²) in [4.78, 5) is 4.17. The Morgan fingerprint density at radius 3 is 3.07 bits per heavy atom. The maximum Gasteiger partial charge on any atom is 0.185 e. The van der Waals surface area contributed by atoms with Gasteiger partial charge in [-0.2, -0.15) is 0 Å². The van der Waals surface area contributed by atoms with Gasteiger partial charge in [0.25, 0.3) is 0 Å². The Hall–Kier alpha value is -1.68. The first-order chi connectivity index (χ1) is 6.90. The summed E-state index contributed by atoms with van der Waals surface area (Å²) in [5.74, 6) is 0.704. The molecule has 0 aliphatic carbocycles. The smallest absolute Gasteiger partial charge is 0.185 e. The molecule has 0 fully saturated rings. The van der Waals surface area contributed by atoms with Crippen molar-refractivity contribution in [2.24, 2.45) is 0 Å². The summed E-state index contributed by atoms with van der Waals surface area (Å²) in [5, 5.41) is 6.91. The lowest BCUT2D eigenvalue weighted by molar-refractivity contribution is 0.420. The van der Waals surface area contributed by atoms with E-state index in [-0.39, 0.29) is 0 Å². The van der Waals surface area contributed by atoms with Crippen LogP contribution in [0, 0.1) is 0 Å². The van der Waals surface area contributed by atoms with E-state index in [2.05, 4.69) is 15.5 Å². The van der Waals surface area contributed by atoms with Crippen LogP contribution in [0.15, 0.2) is 35.0 Å². The number of hydrogen-bond acceptors (Lipinski definition) is 4. The second kappa shape index (κ2) is 4.02. The molecule has 0 amide bonds. The summed E-state index contributed by atoms with van der Waals surface area (Å²) in [6.45, 7) is 0.705. The van der Waals surface area contributed by atoms with E-state index in [0.717, 1.165) is 11.4 Å². The first kappa shape index (κ1) is 8.90. The molecule has 72 valence electrons. The lowest BCUT2D eigenvalue weighted by Gasteiger charge is -1.90. The van der Waals surface area contributed by atoms with Crippen molar-refractivity contribution >= 4 is 0 Å². The summed E-state index contributed by atoms with van der Waals surface area (Å²) in [6.07, 6.45) is 1.73. The van der Waals surface area contributed by atoms with E-state index in [9.17, 15) is 0 Å². The van der Waals surface area contributed by atoms with Gasteiger partial charge < -0.3 is 9.84 Å². The lowest BCUT2D eigenvalue weighted by atomic mass is 10.2. The monoisotopic (exact) mass is 189 g/mol. The molecule has 4 nitrogen and oxygen atoms in total. The summed E-state index contributed by atoms with van der Waals surface area (Å²) < 4.78 is 5.15. The van der Waals surface area contributed by atoms with Crippen LogP contribution in [-0.2, 0) is 6.54 Å². The molecule has 2 aromatic rings. The third-order valence-electron chi connectivity index (χ3n) is 1.83. The molecule has 0 aromatic carbocycles. The SMILES string of the molecule is CNCc1cc(-c2ccccn2)on1. The van der Waals surface area contributed by atoms with Gasteiger partial charge in [-0.3, -0.25) is 4.98 Å². The second-order valence-corrected chi connectivity index (χ2v) is 2.93. The Bertz CT molecular complexity index is 397. The van der Waals surface area contributed by atoms with Crippen LogP contribution in [0.25, 0.3) is 11.5 Å². The Labute approximate surface area is 82.0 Å². The van der Waals surface area contributed by atoms with Crippen LogP contribution in [0.3, 0.4) is 0 Å². The highest BCUT2D eigenvalue weighted by Gasteiger charge is 2.05. The molecule has 0 aliphatic heterocycles. The molecule has 2 rings (SSSR count). The van der Waals surface area contributed by atoms with Crippen LogP contribution in [-0.4, -0.2) is 17.2 Å². The third-order valence-corrected chi connectivity index (χ3v) is 1.83. The lowest BCUT2D eigenvalue weighted by Crippen LogP contribution is -2.04. The zero-order valence-corrected chi connectivity index (χ0v) is 7.90. The van der Waals surface area contributed by atoms with Gasteiger partial charge in [0.05, 0.1) is 5.69 Å². The first-order valence-electron chi connectivity index (χ1n) is 4.42. The molecule has 0 radical (unpaired) electrons. The number of nitrogens with one attached hydrogen (secondary N) is 1. The largest absolute Gasteiger partial charge is 0.354 e. The zero-order valence-electron chi connectivity index (χ0n) is 7.90. The molecule has 0 spiro atoms. The fourth-order valence-electron chi connectivity index (χ4n) is 1.21. The van der Waals surface area contributed by atoms with Crippen molar-refractivity contribution in [2.75, 3.05) is 7.05 Å². The Morgan fingerprint density at radius 1 is 1.43 bits per heavy atom. The molecule has 1 N–H and O–H groups in total. The van der Waals surface area contributed by atoms with E-state index >= 15 is 0 Å². The molecular formula is C10H11N3O. The minimum atomic E-state index is 0.704. The van der Waals surface area contributed by atoms with Crippen molar-refractivity contribution in [1.82, 2.24) is 15.5 Å². The molecule has 0 bridgehead atoms. The van der Waals surface area contributed by atoms with E-state index in [1.165, 1.54) is 0 Å². The maximum atomic E-state index is 5.15. The van der Waals surface area contributed by atoms with Gasteiger partial charge in [-0.05, 0) is 19.2 Å². The van der Waals surface area contributed by atoms with Crippen LogP contribution in [0.5, 0.6) is 0 Å². The molecule has 14 heavy (non-hydrogen) atoms. The van der Waals surface area contributed by atoms with E-state index < -0.39 is 0 Å². The molecule has 0 saturated carbocycles.